The van der Waals surface area contributed by atoms with Crippen LogP contribution in [0.5, 0.6) is 0 Å². The highest BCUT2D eigenvalue weighted by Crippen LogP contribution is 2.29. The molecular weight excluding hydrogens is 383 g/mol. The van der Waals surface area contributed by atoms with Gasteiger partial charge in [-0.2, -0.15) is 4.99 Å². The first kappa shape index (κ1) is 20.1. The molecule has 1 aromatic heterocycles. The number of guanidine groups is 1. The average Bonchev–Trinajstić information content (AvgIpc) is 3.22. The molecule has 7 heteroatoms. The predicted octanol–water partition coefficient (Wildman–Crippen LogP) is 4.04. The molecule has 1 saturated heterocycles. The van der Waals surface area contributed by atoms with E-state index in [1.54, 1.807) is 18.2 Å². The lowest BCUT2D eigenvalue weighted by atomic mass is 9.95. The summed E-state index contributed by atoms with van der Waals surface area (Å²) in [7, 11) is 0. The number of likely N-dealkylation sites (tertiary alicyclic amines) is 1. The Hall–Kier alpha value is -3.19. The Morgan fingerprint density at radius 3 is 2.60 bits per heavy atom. The number of aliphatic hydroxyl groups is 1. The summed E-state index contributed by atoms with van der Waals surface area (Å²) in [5.41, 5.74) is 9.27. The summed E-state index contributed by atoms with van der Waals surface area (Å²) in [6.07, 6.45) is 1.09. The molecule has 0 amide bonds. The van der Waals surface area contributed by atoms with Crippen LogP contribution in [-0.2, 0) is 0 Å². The number of rotatable bonds is 4. The smallest absolute Gasteiger partial charge is 0.253 e. The zero-order valence-electron chi connectivity index (χ0n) is 16.8. The van der Waals surface area contributed by atoms with Crippen LogP contribution in [0, 0.1) is 5.82 Å². The van der Waals surface area contributed by atoms with E-state index >= 15 is 0 Å². The third-order valence-corrected chi connectivity index (χ3v) is 5.57. The van der Waals surface area contributed by atoms with Gasteiger partial charge in [-0.3, -0.25) is 0 Å². The number of nitrogens with zero attached hydrogens (tertiary/aromatic N) is 3. The van der Waals surface area contributed by atoms with Crippen LogP contribution < -0.4 is 5.73 Å². The van der Waals surface area contributed by atoms with Crippen LogP contribution in [-0.4, -0.2) is 40.3 Å². The number of hydrogen-bond acceptors (Lipinski definition) is 4. The van der Waals surface area contributed by atoms with E-state index in [0.29, 0.717) is 43.3 Å². The Morgan fingerprint density at radius 1 is 1.20 bits per heavy atom. The fourth-order valence-electron chi connectivity index (χ4n) is 3.63. The Balaban J connectivity index is 1.47. The summed E-state index contributed by atoms with van der Waals surface area (Å²) in [5, 5.41) is 13.8. The maximum atomic E-state index is 14.0. The van der Waals surface area contributed by atoms with Crippen molar-refractivity contribution in [1.82, 2.24) is 10.1 Å². The Kier molecular flexibility index (Phi) is 5.81. The largest absolute Gasteiger partial charge is 0.393 e. The van der Waals surface area contributed by atoms with Gasteiger partial charge in [-0.15, -0.1) is 0 Å². The van der Waals surface area contributed by atoms with Gasteiger partial charge in [0.15, 0.2) is 5.96 Å². The number of aliphatic imine (C=N–C) groups is 1. The third kappa shape index (κ3) is 4.36. The highest BCUT2D eigenvalue weighted by Gasteiger charge is 2.19. The first-order chi connectivity index (χ1) is 14.5. The van der Waals surface area contributed by atoms with Gasteiger partial charge in [0.2, 0.25) is 0 Å². The van der Waals surface area contributed by atoms with Crippen LogP contribution in [0.15, 0.2) is 64.1 Å². The lowest BCUT2D eigenvalue weighted by Gasteiger charge is -2.29. The normalized spacial score (nSPS) is 16.6. The highest BCUT2D eigenvalue weighted by atomic mass is 19.1. The quantitative estimate of drug-likeness (QED) is 0.503. The molecule has 0 bridgehead atoms. The van der Waals surface area contributed by atoms with Gasteiger partial charge in [0.1, 0.15) is 5.82 Å². The van der Waals surface area contributed by atoms with Crippen molar-refractivity contribution in [2.45, 2.75) is 31.8 Å². The first-order valence-electron chi connectivity index (χ1n) is 10.1. The molecule has 30 heavy (non-hydrogen) atoms. The fraction of sp³-hybridized carbons (Fsp3) is 0.304. The lowest BCUT2D eigenvalue weighted by molar-refractivity contribution is 0.109. The number of aromatic nitrogens is 1. The molecule has 6 nitrogen and oxygen atoms in total. The van der Waals surface area contributed by atoms with E-state index in [9.17, 15) is 9.50 Å². The van der Waals surface area contributed by atoms with E-state index in [-0.39, 0.29) is 17.8 Å². The molecule has 0 saturated carbocycles. The second-order valence-electron chi connectivity index (χ2n) is 7.60. The fourth-order valence-corrected chi connectivity index (χ4v) is 3.63. The van der Waals surface area contributed by atoms with Crippen LogP contribution in [0.4, 0.5) is 10.3 Å². The van der Waals surface area contributed by atoms with Gasteiger partial charge in [-0.25, -0.2) is 4.39 Å². The summed E-state index contributed by atoms with van der Waals surface area (Å²) in [6, 6.07) is 16.3. The minimum Gasteiger partial charge on any atom is -0.393 e. The minimum atomic E-state index is -0.267. The number of nitrogens with two attached hydrogens (primary N) is 1. The molecule has 1 atom stereocenters. The van der Waals surface area contributed by atoms with Crippen molar-refractivity contribution in [3.63, 3.8) is 0 Å². The standard InChI is InChI=1S/C23H25FN4O2/c1-15(16-6-8-17(9-7-16)19-4-2-3-5-20(19)24)21-14-22(30-27-21)26-23(25)28-12-10-18(29)11-13-28/h2-9,14-15,18,29H,10-13H2,1H3,(H2,25,26). The molecule has 2 heterocycles. The van der Waals surface area contributed by atoms with Gasteiger partial charge in [-0.1, -0.05) is 54.5 Å². The Bertz CT molecular complexity index is 1020. The summed E-state index contributed by atoms with van der Waals surface area (Å²) >= 11 is 0. The second-order valence-corrected chi connectivity index (χ2v) is 7.60. The monoisotopic (exact) mass is 408 g/mol. The third-order valence-electron chi connectivity index (χ3n) is 5.57. The summed E-state index contributed by atoms with van der Waals surface area (Å²) < 4.78 is 19.4. The Morgan fingerprint density at radius 2 is 1.90 bits per heavy atom. The second kappa shape index (κ2) is 8.67. The molecule has 0 radical (unpaired) electrons. The van der Waals surface area contributed by atoms with Crippen LogP contribution in [0.2, 0.25) is 0 Å². The van der Waals surface area contributed by atoms with E-state index in [2.05, 4.69) is 10.1 Å². The maximum absolute atomic E-state index is 14.0. The van der Waals surface area contributed by atoms with Crippen LogP contribution in [0.1, 0.15) is 36.9 Å². The van der Waals surface area contributed by atoms with Crippen molar-refractivity contribution in [3.8, 4) is 11.1 Å². The molecule has 156 valence electrons. The SMILES string of the molecule is CC(c1ccc(-c2ccccc2F)cc1)c1cc(N=C(N)N2CCC(O)CC2)on1. The van der Waals surface area contributed by atoms with Gasteiger partial charge in [0.25, 0.3) is 5.88 Å². The molecule has 1 aliphatic heterocycles. The van der Waals surface area contributed by atoms with Crippen LogP contribution in [0.25, 0.3) is 11.1 Å². The molecule has 1 unspecified atom stereocenters. The van der Waals surface area contributed by atoms with Gasteiger partial charge >= 0.3 is 0 Å². The van der Waals surface area contributed by atoms with E-state index in [1.165, 1.54) is 6.07 Å². The van der Waals surface area contributed by atoms with Crippen molar-refractivity contribution >= 4 is 11.8 Å². The van der Waals surface area contributed by atoms with Crippen molar-refractivity contribution in [2.75, 3.05) is 13.1 Å². The van der Waals surface area contributed by atoms with E-state index < -0.39 is 0 Å². The summed E-state index contributed by atoms with van der Waals surface area (Å²) in [4.78, 5) is 6.27. The average molecular weight is 408 g/mol. The number of benzene rings is 2. The Labute approximate surface area is 174 Å². The molecule has 2 aromatic carbocycles. The zero-order chi connectivity index (χ0) is 21.1. The van der Waals surface area contributed by atoms with Crippen LogP contribution in [0.3, 0.4) is 0 Å². The molecular formula is C23H25FN4O2. The van der Waals surface area contributed by atoms with Crippen molar-refractivity contribution in [3.05, 3.63) is 71.7 Å². The summed E-state index contributed by atoms with van der Waals surface area (Å²) in [5.74, 6) is 0.465. The minimum absolute atomic E-state index is 0.0151. The van der Waals surface area contributed by atoms with Crippen molar-refractivity contribution in [2.24, 2.45) is 10.7 Å². The number of halogens is 1. The first-order valence-corrected chi connectivity index (χ1v) is 10.1. The molecule has 1 fully saturated rings. The van der Waals surface area contributed by atoms with Gasteiger partial charge in [0.05, 0.1) is 11.8 Å². The lowest BCUT2D eigenvalue weighted by Crippen LogP contribution is -2.43. The molecule has 4 rings (SSSR count). The van der Waals surface area contributed by atoms with E-state index in [0.717, 1.165) is 16.8 Å². The number of aliphatic hydroxyl groups excluding tert-OH is 1. The van der Waals surface area contributed by atoms with Gasteiger partial charge in [-0.05, 0) is 30.0 Å². The van der Waals surface area contributed by atoms with Gasteiger partial charge < -0.3 is 20.3 Å². The molecule has 3 aromatic rings. The molecule has 3 N–H and O–H groups in total. The van der Waals surface area contributed by atoms with Gasteiger partial charge in [0, 0.05) is 30.6 Å². The summed E-state index contributed by atoms with van der Waals surface area (Å²) in [6.45, 7) is 3.36. The maximum Gasteiger partial charge on any atom is 0.253 e. The van der Waals surface area contributed by atoms with E-state index in [4.69, 9.17) is 10.3 Å². The van der Waals surface area contributed by atoms with Crippen molar-refractivity contribution < 1.29 is 14.0 Å². The van der Waals surface area contributed by atoms with E-state index in [1.807, 2.05) is 42.2 Å². The molecule has 1 aliphatic rings. The number of hydrogen-bond donors (Lipinski definition) is 2. The molecule has 0 aliphatic carbocycles. The molecule has 0 spiro atoms. The topological polar surface area (TPSA) is 87.9 Å². The zero-order valence-corrected chi connectivity index (χ0v) is 16.8. The highest BCUT2D eigenvalue weighted by molar-refractivity contribution is 5.80. The number of piperidine rings is 1. The predicted molar refractivity (Wildman–Crippen MR) is 114 cm³/mol. The van der Waals surface area contributed by atoms with Crippen molar-refractivity contribution in [1.29, 1.82) is 0 Å². The van der Waals surface area contributed by atoms with Crippen LogP contribution >= 0.6 is 0 Å².